The van der Waals surface area contributed by atoms with Gasteiger partial charge in [-0.25, -0.2) is 27.4 Å². The van der Waals surface area contributed by atoms with Crippen molar-refractivity contribution < 1.29 is 56.4 Å². The lowest BCUT2D eigenvalue weighted by atomic mass is 9.86. The van der Waals surface area contributed by atoms with Crippen molar-refractivity contribution >= 4 is 17.8 Å². The molecule has 6 rings (SSSR count). The molecule has 2 aromatic rings. The van der Waals surface area contributed by atoms with Crippen LogP contribution in [0.5, 0.6) is 0 Å². The first-order valence-electron chi connectivity index (χ1n) is 15.3. The number of benzene rings is 1. The van der Waals surface area contributed by atoms with Gasteiger partial charge < -0.3 is 38.5 Å². The molecule has 1 N–H and O–H groups in total. The Balaban J connectivity index is 1.26. The molecular formula is C30H36F3N5O9. The second kappa shape index (κ2) is 13.4. The van der Waals surface area contributed by atoms with Crippen LogP contribution in [0.15, 0.2) is 23.5 Å². The number of amides is 1. The Hall–Kier alpha value is -3.80. The van der Waals surface area contributed by atoms with Gasteiger partial charge in [0.25, 0.3) is 0 Å². The number of piperidine rings is 1. The molecule has 6 atom stereocenters. The number of oxime groups is 1. The minimum atomic E-state index is -1.60. The summed E-state index contributed by atoms with van der Waals surface area (Å²) >= 11 is 0. The average molecular weight is 668 g/mol. The van der Waals surface area contributed by atoms with E-state index in [-0.39, 0.29) is 30.2 Å². The van der Waals surface area contributed by atoms with Gasteiger partial charge in [0.1, 0.15) is 42.8 Å². The summed E-state index contributed by atoms with van der Waals surface area (Å²) in [5.74, 6) is -5.92. The van der Waals surface area contributed by atoms with Crippen molar-refractivity contribution in [1.29, 1.82) is 0 Å². The van der Waals surface area contributed by atoms with E-state index in [2.05, 4.69) is 15.5 Å². The number of fused-ring (bicyclic) bond motifs is 1. The lowest BCUT2D eigenvalue weighted by Gasteiger charge is -2.51. The lowest BCUT2D eigenvalue weighted by molar-refractivity contribution is -0.352. The Morgan fingerprint density at radius 1 is 1.15 bits per heavy atom. The van der Waals surface area contributed by atoms with Gasteiger partial charge in [0, 0.05) is 37.4 Å². The summed E-state index contributed by atoms with van der Waals surface area (Å²) in [7, 11) is 1.23. The van der Waals surface area contributed by atoms with Crippen molar-refractivity contribution in [1.82, 2.24) is 19.9 Å². The van der Waals surface area contributed by atoms with Crippen LogP contribution in [0.2, 0.25) is 0 Å². The van der Waals surface area contributed by atoms with E-state index in [1.54, 1.807) is 13.8 Å². The first-order chi connectivity index (χ1) is 22.4. The summed E-state index contributed by atoms with van der Waals surface area (Å²) in [5.41, 5.74) is 0.876. The van der Waals surface area contributed by atoms with Crippen LogP contribution in [0, 0.1) is 23.4 Å². The van der Waals surface area contributed by atoms with Gasteiger partial charge in [-0.3, -0.25) is 0 Å². The van der Waals surface area contributed by atoms with Gasteiger partial charge in [0.15, 0.2) is 23.2 Å². The van der Waals surface area contributed by atoms with E-state index in [1.165, 1.54) is 22.9 Å². The van der Waals surface area contributed by atoms with Crippen LogP contribution in [0.1, 0.15) is 45.6 Å². The Morgan fingerprint density at radius 2 is 1.87 bits per heavy atom. The van der Waals surface area contributed by atoms with E-state index in [1.807, 2.05) is 0 Å². The molecule has 5 heterocycles. The second-order valence-electron chi connectivity index (χ2n) is 12.5. The molecular weight excluding hydrogens is 631 g/mol. The molecule has 3 fully saturated rings. The van der Waals surface area contributed by atoms with Crippen molar-refractivity contribution in [3.05, 3.63) is 35.8 Å². The van der Waals surface area contributed by atoms with Gasteiger partial charge in [0.2, 0.25) is 0 Å². The topological polar surface area (TPSA) is 156 Å². The van der Waals surface area contributed by atoms with E-state index >= 15 is 0 Å². The molecule has 1 unspecified atom stereocenters. The van der Waals surface area contributed by atoms with Gasteiger partial charge in [-0.15, -0.1) is 5.10 Å². The van der Waals surface area contributed by atoms with Crippen LogP contribution >= 0.6 is 0 Å². The van der Waals surface area contributed by atoms with E-state index < -0.39 is 78.5 Å². The maximum Gasteiger partial charge on any atom is 0.407 e. The minimum Gasteiger partial charge on any atom is -0.467 e. The molecule has 1 aromatic carbocycles. The molecule has 14 nitrogen and oxygen atoms in total. The van der Waals surface area contributed by atoms with Crippen LogP contribution in [0.3, 0.4) is 0 Å². The van der Waals surface area contributed by atoms with E-state index in [4.69, 9.17) is 28.5 Å². The molecule has 4 aliphatic heterocycles. The number of likely N-dealkylation sites (tertiary alicyclic amines) is 1. The molecule has 4 aliphatic rings. The normalized spacial score (nSPS) is 29.1. The number of hydrogen-bond acceptors (Lipinski definition) is 11. The number of carboxylic acid groups (broad SMARTS) is 1. The largest absolute Gasteiger partial charge is 0.467 e. The highest BCUT2D eigenvalue weighted by Gasteiger charge is 2.54. The number of carbonyl (C=O) groups excluding carboxylic acids is 1. The smallest absolute Gasteiger partial charge is 0.407 e. The summed E-state index contributed by atoms with van der Waals surface area (Å²) < 4.78 is 72.9. The number of esters is 1. The minimum absolute atomic E-state index is 0.0358. The van der Waals surface area contributed by atoms with Crippen molar-refractivity contribution in [2.24, 2.45) is 11.1 Å². The first kappa shape index (κ1) is 33.1. The van der Waals surface area contributed by atoms with Crippen LogP contribution in [0.4, 0.5) is 18.0 Å². The maximum absolute atomic E-state index is 14.1. The maximum atomic E-state index is 14.1. The standard InChI is InChI=1S/C30H36F3N5O9/c1-30(2)44-13-23-28(46-30)26(38-12-21(34-36-38)16-8-18(31)25(33)19(32)9-16)27(43-14-24(39)42-3)22(45-23)11-17-10-20(35-47-17)15-4-6-37(7-5-15)29(40)41/h8-9,12,15,17,22-23,26-28H,4-7,10-11,13-14H2,1-3H3,(H,40,41)/t17-,22-,23-,26?,27+,28+/m1/s1. The zero-order valence-electron chi connectivity index (χ0n) is 26.0. The van der Waals surface area contributed by atoms with Gasteiger partial charge in [-0.2, -0.15) is 0 Å². The third-order valence-electron chi connectivity index (χ3n) is 8.98. The van der Waals surface area contributed by atoms with E-state index in [0.717, 1.165) is 17.8 Å². The number of ether oxygens (including phenoxy) is 5. The number of rotatable bonds is 8. The third kappa shape index (κ3) is 7.07. The van der Waals surface area contributed by atoms with Gasteiger partial charge >= 0.3 is 12.1 Å². The van der Waals surface area contributed by atoms with Crippen LogP contribution in [0.25, 0.3) is 11.3 Å². The highest BCUT2D eigenvalue weighted by Crippen LogP contribution is 2.42. The monoisotopic (exact) mass is 667 g/mol. The molecule has 0 saturated carbocycles. The number of methoxy groups -OCH3 is 1. The number of hydrogen-bond donors (Lipinski definition) is 1. The Bertz CT molecular complexity index is 1490. The third-order valence-corrected chi connectivity index (χ3v) is 8.98. The van der Waals surface area contributed by atoms with Crippen molar-refractivity contribution in [2.45, 2.75) is 81.9 Å². The average Bonchev–Trinajstić information content (AvgIpc) is 3.72. The summed E-state index contributed by atoms with van der Waals surface area (Å²) in [6.07, 6.45) is -0.815. The SMILES string of the molecule is COC(=O)CO[C@@H]1C(n2cc(-c3cc(F)c(F)c(F)c3)nn2)[C@H]2OC(C)(C)OC[C@H]2O[C@@H]1C[C@H]1CC(C2CCN(C(=O)O)CC2)=NO1. The summed E-state index contributed by atoms with van der Waals surface area (Å²) in [6, 6.07) is 0.856. The lowest BCUT2D eigenvalue weighted by Crippen LogP contribution is -2.63. The highest BCUT2D eigenvalue weighted by atomic mass is 19.2. The molecule has 47 heavy (non-hydrogen) atoms. The Kier molecular flexibility index (Phi) is 9.42. The highest BCUT2D eigenvalue weighted by molar-refractivity contribution is 5.88. The molecule has 1 aromatic heterocycles. The number of halogens is 3. The fourth-order valence-electron chi connectivity index (χ4n) is 6.59. The fourth-order valence-corrected chi connectivity index (χ4v) is 6.59. The van der Waals surface area contributed by atoms with Gasteiger partial charge in [-0.05, 0) is 38.8 Å². The molecule has 0 spiro atoms. The predicted octanol–water partition coefficient (Wildman–Crippen LogP) is 3.31. The van der Waals surface area contributed by atoms with E-state index in [9.17, 15) is 27.9 Å². The zero-order chi connectivity index (χ0) is 33.5. The summed E-state index contributed by atoms with van der Waals surface area (Å²) in [5, 5.41) is 22.0. The molecule has 256 valence electrons. The quantitative estimate of drug-likeness (QED) is 0.326. The molecule has 0 bridgehead atoms. The number of aromatic nitrogens is 3. The second-order valence-corrected chi connectivity index (χ2v) is 12.5. The first-order valence-corrected chi connectivity index (χ1v) is 15.3. The molecule has 3 saturated heterocycles. The van der Waals surface area contributed by atoms with Crippen LogP contribution in [-0.2, 0) is 33.3 Å². The molecule has 0 aliphatic carbocycles. The van der Waals surface area contributed by atoms with Gasteiger partial charge in [-0.1, -0.05) is 10.4 Å². The van der Waals surface area contributed by atoms with Crippen LogP contribution in [-0.4, -0.2) is 112 Å². The van der Waals surface area contributed by atoms with Crippen molar-refractivity contribution in [3.8, 4) is 11.3 Å². The summed E-state index contributed by atoms with van der Waals surface area (Å²) in [6.45, 7) is 4.02. The molecule has 1 amide bonds. The zero-order valence-corrected chi connectivity index (χ0v) is 26.0. The van der Waals surface area contributed by atoms with Crippen molar-refractivity contribution in [2.75, 3.05) is 33.4 Å². The fraction of sp³-hybridized carbons (Fsp3) is 0.633. The predicted molar refractivity (Wildman–Crippen MR) is 154 cm³/mol. The van der Waals surface area contributed by atoms with Crippen molar-refractivity contribution in [3.63, 3.8) is 0 Å². The number of carbonyl (C=O) groups is 2. The Labute approximate surface area is 267 Å². The van der Waals surface area contributed by atoms with Gasteiger partial charge in [0.05, 0.1) is 31.7 Å². The van der Waals surface area contributed by atoms with E-state index in [0.29, 0.717) is 32.4 Å². The Morgan fingerprint density at radius 3 is 2.55 bits per heavy atom. The molecule has 17 heteroatoms. The summed E-state index contributed by atoms with van der Waals surface area (Å²) in [4.78, 5) is 30.8. The number of nitrogens with zero attached hydrogens (tertiary/aromatic N) is 5. The van der Waals surface area contributed by atoms with Crippen LogP contribution < -0.4 is 0 Å². The molecule has 0 radical (unpaired) electrons.